The van der Waals surface area contributed by atoms with Crippen LogP contribution in [-0.4, -0.2) is 33.3 Å². The van der Waals surface area contributed by atoms with Gasteiger partial charge in [-0.1, -0.05) is 42.5 Å². The van der Waals surface area contributed by atoms with E-state index in [0.717, 1.165) is 28.5 Å². The third kappa shape index (κ3) is 3.41. The van der Waals surface area contributed by atoms with Crippen molar-refractivity contribution in [1.29, 1.82) is 0 Å². The molecule has 1 aromatic heterocycles. The van der Waals surface area contributed by atoms with Gasteiger partial charge in [-0.25, -0.2) is 0 Å². The van der Waals surface area contributed by atoms with E-state index in [-0.39, 0.29) is 41.6 Å². The second kappa shape index (κ2) is 8.32. The van der Waals surface area contributed by atoms with Crippen LogP contribution in [0.25, 0.3) is 11.1 Å². The maximum atomic E-state index is 13.5. The van der Waals surface area contributed by atoms with Gasteiger partial charge in [-0.05, 0) is 47.6 Å². The highest BCUT2D eigenvalue weighted by Gasteiger charge is 2.61. The molecule has 1 saturated carbocycles. The fourth-order valence-electron chi connectivity index (χ4n) is 6.66. The number of hydrogen-bond acceptors (Lipinski definition) is 7. The molecule has 2 fully saturated rings. The first-order valence-electron chi connectivity index (χ1n) is 12.7. The van der Waals surface area contributed by atoms with Crippen LogP contribution in [0, 0.1) is 33.8 Å². The van der Waals surface area contributed by atoms with Crippen LogP contribution in [-0.2, 0) is 14.4 Å². The number of likely N-dealkylation sites (tertiary alicyclic amines) is 1. The van der Waals surface area contributed by atoms with E-state index < -0.39 is 34.6 Å². The number of carbonyl (C=O) groups excluding carboxylic acids is 4. The van der Waals surface area contributed by atoms with Crippen molar-refractivity contribution in [2.45, 2.75) is 18.9 Å². The highest BCUT2D eigenvalue weighted by atomic mass is 16.6. The zero-order valence-corrected chi connectivity index (χ0v) is 20.4. The predicted octanol–water partition coefficient (Wildman–Crippen LogP) is 4.28. The highest BCUT2D eigenvalue weighted by Crippen LogP contribution is 2.54. The number of anilines is 1. The fourth-order valence-corrected chi connectivity index (χ4v) is 6.66. The van der Waals surface area contributed by atoms with Crippen LogP contribution in [0.1, 0.15) is 40.6 Å². The summed E-state index contributed by atoms with van der Waals surface area (Å²) in [7, 11) is 0. The van der Waals surface area contributed by atoms with Crippen molar-refractivity contribution in [3.05, 3.63) is 93.8 Å². The molecule has 3 amide bonds. The van der Waals surface area contributed by atoms with E-state index in [0.29, 0.717) is 16.8 Å². The number of amides is 3. The second-order valence-corrected chi connectivity index (χ2v) is 10.4. The van der Waals surface area contributed by atoms with Crippen molar-refractivity contribution in [2.75, 3.05) is 5.32 Å². The number of ketones is 1. The first-order valence-corrected chi connectivity index (χ1v) is 12.7. The Labute approximate surface area is 221 Å². The van der Waals surface area contributed by atoms with Crippen molar-refractivity contribution >= 4 is 35.1 Å². The average molecular weight is 524 g/mol. The van der Waals surface area contributed by atoms with Crippen LogP contribution in [0.2, 0.25) is 0 Å². The van der Waals surface area contributed by atoms with Gasteiger partial charge in [0.2, 0.25) is 17.7 Å². The Bertz CT molecular complexity index is 1620. The van der Waals surface area contributed by atoms with Crippen molar-refractivity contribution in [1.82, 2.24) is 4.90 Å². The summed E-state index contributed by atoms with van der Waals surface area (Å²) in [4.78, 5) is 64.7. The summed E-state index contributed by atoms with van der Waals surface area (Å²) < 4.78 is 5.38. The molecule has 10 heteroatoms. The number of allylic oxidation sites excluding steroid dienone is 2. The molecule has 7 rings (SSSR count). The fraction of sp³-hybridized carbons (Fsp3) is 0.241. The number of furan rings is 1. The zero-order chi connectivity index (χ0) is 27.0. The van der Waals surface area contributed by atoms with E-state index in [4.69, 9.17) is 4.42 Å². The van der Waals surface area contributed by atoms with Crippen molar-refractivity contribution in [3.63, 3.8) is 0 Å². The molecule has 5 unspecified atom stereocenters. The molecule has 5 atom stereocenters. The normalized spacial score (nSPS) is 24.6. The molecule has 10 nitrogen and oxygen atoms in total. The summed E-state index contributed by atoms with van der Waals surface area (Å²) in [6.45, 7) is 0. The molecule has 0 spiro atoms. The van der Waals surface area contributed by atoms with Crippen LogP contribution >= 0.6 is 0 Å². The number of nitro groups is 1. The van der Waals surface area contributed by atoms with Crippen LogP contribution in [0.3, 0.4) is 0 Å². The Morgan fingerprint density at radius 2 is 1.62 bits per heavy atom. The van der Waals surface area contributed by atoms with Gasteiger partial charge < -0.3 is 9.73 Å². The molecule has 1 saturated heterocycles. The molecule has 2 heterocycles. The predicted molar refractivity (Wildman–Crippen MR) is 136 cm³/mol. The molecule has 3 aromatic rings. The Morgan fingerprint density at radius 3 is 2.28 bits per heavy atom. The van der Waals surface area contributed by atoms with Gasteiger partial charge in [0.15, 0.2) is 5.78 Å². The van der Waals surface area contributed by atoms with Gasteiger partial charge in [-0.15, -0.1) is 0 Å². The van der Waals surface area contributed by atoms with Crippen molar-refractivity contribution in [3.8, 4) is 11.1 Å². The minimum atomic E-state index is -1.15. The number of nitrogens with one attached hydrogen (secondary N) is 1. The van der Waals surface area contributed by atoms with E-state index in [1.807, 2.05) is 24.3 Å². The second-order valence-electron chi connectivity index (χ2n) is 10.4. The average Bonchev–Trinajstić information content (AvgIpc) is 3.74. The van der Waals surface area contributed by atoms with Crippen molar-refractivity contribution < 1.29 is 28.5 Å². The highest BCUT2D eigenvalue weighted by molar-refractivity contribution is 6.22. The van der Waals surface area contributed by atoms with E-state index in [1.165, 1.54) is 6.07 Å². The van der Waals surface area contributed by atoms with E-state index >= 15 is 0 Å². The zero-order valence-electron chi connectivity index (χ0n) is 20.4. The maximum Gasteiger partial charge on any atom is 0.433 e. The lowest BCUT2D eigenvalue weighted by Gasteiger charge is -2.26. The van der Waals surface area contributed by atoms with Gasteiger partial charge in [0.25, 0.3) is 0 Å². The number of imide groups is 1. The molecule has 2 aromatic carbocycles. The minimum Gasteiger partial charge on any atom is -0.404 e. The van der Waals surface area contributed by atoms with Gasteiger partial charge in [-0.3, -0.25) is 34.2 Å². The van der Waals surface area contributed by atoms with Gasteiger partial charge >= 0.3 is 5.88 Å². The summed E-state index contributed by atoms with van der Waals surface area (Å²) in [5.74, 6) is -3.07. The summed E-state index contributed by atoms with van der Waals surface area (Å²) >= 11 is 0. The number of rotatable bonds is 6. The maximum absolute atomic E-state index is 13.5. The van der Waals surface area contributed by atoms with Crippen LogP contribution in [0.4, 0.5) is 11.6 Å². The van der Waals surface area contributed by atoms with E-state index in [1.54, 1.807) is 30.3 Å². The SMILES string of the molecule is O=C(CC(c1ccc([N+](=O)[O-])o1)N1C(=O)C2C3C=CC(C3)C2C1=O)Nc1ccc2c(c1)C(=O)c1ccccc1-2. The first kappa shape index (κ1) is 23.3. The minimum absolute atomic E-state index is 0.0154. The molecule has 1 aliphatic heterocycles. The number of benzene rings is 2. The Morgan fingerprint density at radius 1 is 0.949 bits per heavy atom. The molecule has 4 aliphatic rings. The van der Waals surface area contributed by atoms with Gasteiger partial charge in [-0.2, -0.15) is 0 Å². The molecule has 2 bridgehead atoms. The molecule has 39 heavy (non-hydrogen) atoms. The third-order valence-corrected chi connectivity index (χ3v) is 8.33. The first-order chi connectivity index (χ1) is 18.8. The van der Waals surface area contributed by atoms with Crippen molar-refractivity contribution in [2.24, 2.45) is 23.7 Å². The molecule has 1 N–H and O–H groups in total. The van der Waals surface area contributed by atoms with Crippen LogP contribution in [0.5, 0.6) is 0 Å². The largest absolute Gasteiger partial charge is 0.433 e. The summed E-state index contributed by atoms with van der Waals surface area (Å²) in [6, 6.07) is 13.6. The molecule has 194 valence electrons. The van der Waals surface area contributed by atoms with Crippen LogP contribution < -0.4 is 5.32 Å². The molecule has 0 radical (unpaired) electrons. The standard InChI is InChI=1S/C29H21N3O7/c33-23(30-16-7-8-18-17-3-1-2-4-19(17)27(34)20(18)12-16)13-21(22-9-10-24(39-22)32(37)38)31-28(35)25-14-5-6-15(11-14)26(25)29(31)36/h1-10,12,14-15,21,25-26H,11,13H2,(H,30,33). The van der Waals surface area contributed by atoms with Gasteiger partial charge in [0, 0.05) is 16.8 Å². The topological polar surface area (TPSA) is 140 Å². The van der Waals surface area contributed by atoms with E-state index in [9.17, 15) is 29.3 Å². The summed E-state index contributed by atoms with van der Waals surface area (Å²) in [6.07, 6.45) is 4.31. The quantitative estimate of drug-likeness (QED) is 0.172. The number of hydrogen-bond donors (Lipinski definition) is 1. The Kier molecular flexibility index (Phi) is 4.97. The lowest BCUT2D eigenvalue weighted by molar-refractivity contribution is -0.402. The molecular formula is C29H21N3O7. The monoisotopic (exact) mass is 523 g/mol. The number of nitrogens with zero attached hydrogens (tertiary/aromatic N) is 2. The number of carbonyl (C=O) groups is 4. The number of fused-ring (bicyclic) bond motifs is 8. The summed E-state index contributed by atoms with van der Waals surface area (Å²) in [5, 5.41) is 14.0. The molecule has 3 aliphatic carbocycles. The van der Waals surface area contributed by atoms with Gasteiger partial charge in [0.1, 0.15) is 16.7 Å². The van der Waals surface area contributed by atoms with E-state index in [2.05, 4.69) is 5.32 Å². The summed E-state index contributed by atoms with van der Waals surface area (Å²) in [5.41, 5.74) is 3.04. The molecular weight excluding hydrogens is 502 g/mol. The Balaban J connectivity index is 1.17. The Hall–Kier alpha value is -4.86. The lowest BCUT2D eigenvalue weighted by atomic mass is 9.85. The lowest BCUT2D eigenvalue weighted by Crippen LogP contribution is -2.38. The third-order valence-electron chi connectivity index (χ3n) is 8.33. The van der Waals surface area contributed by atoms with Gasteiger partial charge in [0.05, 0.1) is 24.3 Å². The van der Waals surface area contributed by atoms with Crippen LogP contribution in [0.15, 0.2) is 71.2 Å². The smallest absolute Gasteiger partial charge is 0.404 e.